The molecule has 1 N–H and O–H groups in total. The summed E-state index contributed by atoms with van der Waals surface area (Å²) in [4.78, 5) is 23.0. The van der Waals surface area contributed by atoms with Crippen molar-refractivity contribution in [3.05, 3.63) is 0 Å². The van der Waals surface area contributed by atoms with Crippen molar-refractivity contribution in [3.8, 4) is 0 Å². The molecule has 2 fully saturated rings. The third-order valence-electron chi connectivity index (χ3n) is 5.89. The standard InChI is InChI=1S/C20H39N5O.HI/c1-5-25-13-9-12-18(25)16-24(4)20(22-15-19(26)23(2)3)21-14-17-10-7-6-8-11-17;/h17-18H,5-16H2,1-4H3,(H,21,22);1H. The molecule has 158 valence electrons. The number of rotatable bonds is 7. The Bertz CT molecular complexity index is 465. The molecule has 6 nitrogen and oxygen atoms in total. The van der Waals surface area contributed by atoms with Gasteiger partial charge in [0.25, 0.3) is 0 Å². The molecule has 1 aliphatic heterocycles. The molecule has 1 aliphatic carbocycles. The lowest BCUT2D eigenvalue weighted by Gasteiger charge is -2.31. The van der Waals surface area contributed by atoms with E-state index in [0.717, 1.165) is 31.5 Å². The van der Waals surface area contributed by atoms with Crippen LogP contribution in [0.4, 0.5) is 0 Å². The molecule has 27 heavy (non-hydrogen) atoms. The van der Waals surface area contributed by atoms with Crippen molar-refractivity contribution in [1.29, 1.82) is 0 Å². The molecule has 1 saturated heterocycles. The number of likely N-dealkylation sites (tertiary alicyclic amines) is 1. The second-order valence-corrected chi connectivity index (χ2v) is 8.12. The highest BCUT2D eigenvalue weighted by Crippen LogP contribution is 2.23. The first-order valence-corrected chi connectivity index (χ1v) is 10.4. The van der Waals surface area contributed by atoms with Gasteiger partial charge in [-0.2, -0.15) is 0 Å². The van der Waals surface area contributed by atoms with E-state index in [1.165, 1.54) is 51.5 Å². The van der Waals surface area contributed by atoms with Gasteiger partial charge in [-0.05, 0) is 44.7 Å². The van der Waals surface area contributed by atoms with Crippen LogP contribution in [0.2, 0.25) is 0 Å². The zero-order chi connectivity index (χ0) is 18.9. The van der Waals surface area contributed by atoms with E-state index < -0.39 is 0 Å². The highest BCUT2D eigenvalue weighted by Gasteiger charge is 2.25. The minimum absolute atomic E-state index is 0. The van der Waals surface area contributed by atoms with E-state index >= 15 is 0 Å². The van der Waals surface area contributed by atoms with Gasteiger partial charge in [0.1, 0.15) is 6.54 Å². The number of hydrogen-bond donors (Lipinski definition) is 1. The third-order valence-corrected chi connectivity index (χ3v) is 5.89. The van der Waals surface area contributed by atoms with Crippen LogP contribution in [0.5, 0.6) is 0 Å². The van der Waals surface area contributed by atoms with Gasteiger partial charge in [0, 0.05) is 40.3 Å². The summed E-state index contributed by atoms with van der Waals surface area (Å²) >= 11 is 0. The van der Waals surface area contributed by atoms with Crippen molar-refractivity contribution in [2.45, 2.75) is 57.9 Å². The number of nitrogens with one attached hydrogen (secondary N) is 1. The van der Waals surface area contributed by atoms with Crippen molar-refractivity contribution in [2.75, 3.05) is 53.9 Å². The van der Waals surface area contributed by atoms with Gasteiger partial charge >= 0.3 is 0 Å². The molecule has 0 bridgehead atoms. The zero-order valence-electron chi connectivity index (χ0n) is 17.7. The first kappa shape index (κ1) is 24.5. The average molecular weight is 493 g/mol. The fraction of sp³-hybridized carbons (Fsp3) is 0.900. The maximum Gasteiger partial charge on any atom is 0.243 e. The Balaban J connectivity index is 0.00000364. The zero-order valence-corrected chi connectivity index (χ0v) is 20.1. The molecule has 1 atom stereocenters. The van der Waals surface area contributed by atoms with Crippen LogP contribution in [0.25, 0.3) is 0 Å². The van der Waals surface area contributed by atoms with Crippen molar-refractivity contribution in [1.82, 2.24) is 20.0 Å². The molecule has 1 unspecified atom stereocenters. The van der Waals surface area contributed by atoms with Crippen LogP contribution < -0.4 is 5.32 Å². The van der Waals surface area contributed by atoms with Crippen LogP contribution in [0.15, 0.2) is 4.99 Å². The summed E-state index contributed by atoms with van der Waals surface area (Å²) in [7, 11) is 5.68. The first-order chi connectivity index (χ1) is 12.5. The quantitative estimate of drug-likeness (QED) is 0.337. The van der Waals surface area contributed by atoms with Crippen LogP contribution in [0.1, 0.15) is 51.9 Å². The van der Waals surface area contributed by atoms with E-state index in [1.807, 2.05) is 0 Å². The van der Waals surface area contributed by atoms with Crippen LogP contribution in [0, 0.1) is 5.92 Å². The Labute approximate surface area is 183 Å². The Morgan fingerprint density at radius 2 is 1.81 bits per heavy atom. The number of nitrogens with zero attached hydrogens (tertiary/aromatic N) is 4. The summed E-state index contributed by atoms with van der Waals surface area (Å²) in [5.41, 5.74) is 0. The Kier molecular flexibility index (Phi) is 11.6. The molecule has 1 saturated carbocycles. The van der Waals surface area contributed by atoms with Crippen molar-refractivity contribution >= 4 is 35.8 Å². The number of aliphatic imine (C=N–C) groups is 1. The number of carbonyl (C=O) groups is 1. The summed E-state index contributed by atoms with van der Waals surface area (Å²) < 4.78 is 0. The van der Waals surface area contributed by atoms with Crippen LogP contribution in [-0.4, -0.2) is 86.5 Å². The van der Waals surface area contributed by atoms with E-state index in [4.69, 9.17) is 0 Å². The normalized spacial score (nSPS) is 21.6. The highest BCUT2D eigenvalue weighted by atomic mass is 127. The minimum Gasteiger partial charge on any atom is -0.356 e. The number of halogens is 1. The Hall–Kier alpha value is -0.570. The molecule has 0 aromatic heterocycles. The monoisotopic (exact) mass is 493 g/mol. The molecule has 0 aromatic rings. The van der Waals surface area contributed by atoms with Gasteiger partial charge in [-0.3, -0.25) is 9.69 Å². The SMILES string of the molecule is CCN1CCCC1CN(C)C(=NCC(=O)N(C)C)NCC1CCCCC1.I. The Morgan fingerprint density at radius 3 is 2.44 bits per heavy atom. The lowest BCUT2D eigenvalue weighted by Crippen LogP contribution is -2.47. The van der Waals surface area contributed by atoms with E-state index in [0.29, 0.717) is 6.04 Å². The van der Waals surface area contributed by atoms with Gasteiger partial charge in [0.15, 0.2) is 5.96 Å². The summed E-state index contributed by atoms with van der Waals surface area (Å²) in [6, 6.07) is 0.594. The number of carbonyl (C=O) groups excluding carboxylic acids is 1. The largest absolute Gasteiger partial charge is 0.356 e. The van der Waals surface area contributed by atoms with Crippen molar-refractivity contribution in [3.63, 3.8) is 0 Å². The predicted octanol–water partition coefficient (Wildman–Crippen LogP) is 2.63. The number of amides is 1. The summed E-state index contributed by atoms with van der Waals surface area (Å²) in [5, 5.41) is 3.58. The number of likely N-dealkylation sites (N-methyl/N-ethyl adjacent to an activating group) is 3. The van der Waals surface area contributed by atoms with Gasteiger partial charge in [0.05, 0.1) is 0 Å². The maximum absolute atomic E-state index is 12.0. The lowest BCUT2D eigenvalue weighted by molar-refractivity contribution is -0.127. The maximum atomic E-state index is 12.0. The van der Waals surface area contributed by atoms with Gasteiger partial charge in [-0.25, -0.2) is 4.99 Å². The fourth-order valence-corrected chi connectivity index (χ4v) is 4.14. The molecule has 2 aliphatic rings. The van der Waals surface area contributed by atoms with E-state index in [1.54, 1.807) is 19.0 Å². The van der Waals surface area contributed by atoms with Crippen LogP contribution >= 0.6 is 24.0 Å². The summed E-state index contributed by atoms with van der Waals surface area (Å²) in [5.74, 6) is 1.67. The minimum atomic E-state index is 0. The van der Waals surface area contributed by atoms with E-state index in [2.05, 4.69) is 34.1 Å². The Morgan fingerprint density at radius 1 is 1.11 bits per heavy atom. The van der Waals surface area contributed by atoms with Gasteiger partial charge in [-0.1, -0.05) is 26.2 Å². The molecular formula is C20H40IN5O. The van der Waals surface area contributed by atoms with Gasteiger partial charge in [-0.15, -0.1) is 24.0 Å². The molecular weight excluding hydrogens is 453 g/mol. The summed E-state index contributed by atoms with van der Waals surface area (Å²) in [6.07, 6.45) is 9.24. The fourth-order valence-electron chi connectivity index (χ4n) is 4.14. The first-order valence-electron chi connectivity index (χ1n) is 10.4. The molecule has 1 amide bonds. The van der Waals surface area contributed by atoms with Crippen molar-refractivity contribution < 1.29 is 4.79 Å². The molecule has 2 rings (SSSR count). The molecule has 0 aromatic carbocycles. The smallest absolute Gasteiger partial charge is 0.243 e. The number of hydrogen-bond acceptors (Lipinski definition) is 3. The highest BCUT2D eigenvalue weighted by molar-refractivity contribution is 14.0. The predicted molar refractivity (Wildman–Crippen MR) is 124 cm³/mol. The topological polar surface area (TPSA) is 51.2 Å². The molecule has 0 radical (unpaired) electrons. The molecule has 0 spiro atoms. The average Bonchev–Trinajstić information content (AvgIpc) is 3.09. The second-order valence-electron chi connectivity index (χ2n) is 8.12. The van der Waals surface area contributed by atoms with Crippen LogP contribution in [-0.2, 0) is 4.79 Å². The molecule has 1 heterocycles. The second kappa shape index (κ2) is 12.8. The summed E-state index contributed by atoms with van der Waals surface area (Å²) in [6.45, 7) is 6.72. The number of guanidine groups is 1. The van der Waals surface area contributed by atoms with Crippen LogP contribution in [0.3, 0.4) is 0 Å². The van der Waals surface area contributed by atoms with E-state index in [9.17, 15) is 4.79 Å². The van der Waals surface area contributed by atoms with Gasteiger partial charge < -0.3 is 15.1 Å². The molecule has 7 heteroatoms. The van der Waals surface area contributed by atoms with E-state index in [-0.39, 0.29) is 36.4 Å². The lowest BCUT2D eigenvalue weighted by atomic mass is 9.89. The van der Waals surface area contributed by atoms with Crippen molar-refractivity contribution in [2.24, 2.45) is 10.9 Å². The van der Waals surface area contributed by atoms with Gasteiger partial charge in [0.2, 0.25) is 5.91 Å². The third kappa shape index (κ3) is 8.13.